The van der Waals surface area contributed by atoms with Crippen LogP contribution in [0.15, 0.2) is 33.9 Å². The SMILES string of the molecule is O=C(CCl)NCCc1nnc(S(=O)(=O)Cc2ccc(Cl)cc2)o1. The Morgan fingerprint density at radius 2 is 1.91 bits per heavy atom. The number of halogens is 2. The van der Waals surface area contributed by atoms with Gasteiger partial charge in [0.05, 0.1) is 5.75 Å². The van der Waals surface area contributed by atoms with Crippen LogP contribution in [0, 0.1) is 0 Å². The Hall–Kier alpha value is -1.64. The highest BCUT2D eigenvalue weighted by molar-refractivity contribution is 7.90. The van der Waals surface area contributed by atoms with Crippen molar-refractivity contribution in [3.63, 3.8) is 0 Å². The quantitative estimate of drug-likeness (QED) is 0.735. The van der Waals surface area contributed by atoms with Gasteiger partial charge in [-0.2, -0.15) is 0 Å². The molecule has 2 rings (SSSR count). The number of carbonyl (C=O) groups is 1. The summed E-state index contributed by atoms with van der Waals surface area (Å²) in [5.74, 6) is -0.629. The van der Waals surface area contributed by atoms with E-state index in [1.807, 2.05) is 0 Å². The molecule has 0 bridgehead atoms. The first kappa shape index (κ1) is 17.7. The van der Waals surface area contributed by atoms with Crippen LogP contribution in [0.25, 0.3) is 0 Å². The number of hydrogen-bond acceptors (Lipinski definition) is 6. The molecule has 0 saturated carbocycles. The summed E-state index contributed by atoms with van der Waals surface area (Å²) in [6.07, 6.45) is 0.214. The summed E-state index contributed by atoms with van der Waals surface area (Å²) in [6, 6.07) is 6.42. The largest absolute Gasteiger partial charge is 0.412 e. The predicted molar refractivity (Wildman–Crippen MR) is 84.1 cm³/mol. The van der Waals surface area contributed by atoms with Crippen molar-refractivity contribution in [2.45, 2.75) is 17.4 Å². The number of nitrogens with one attached hydrogen (secondary N) is 1. The lowest BCUT2D eigenvalue weighted by molar-refractivity contribution is -0.118. The van der Waals surface area contributed by atoms with Gasteiger partial charge in [0.15, 0.2) is 0 Å². The summed E-state index contributed by atoms with van der Waals surface area (Å²) < 4.78 is 29.6. The van der Waals surface area contributed by atoms with Crippen LogP contribution in [-0.4, -0.2) is 36.9 Å². The highest BCUT2D eigenvalue weighted by Gasteiger charge is 2.23. The minimum atomic E-state index is -3.74. The third-order valence-electron chi connectivity index (χ3n) is 2.77. The van der Waals surface area contributed by atoms with Gasteiger partial charge in [0.1, 0.15) is 5.88 Å². The van der Waals surface area contributed by atoms with Crippen LogP contribution in [0.2, 0.25) is 5.02 Å². The number of sulfone groups is 1. The van der Waals surface area contributed by atoms with Gasteiger partial charge in [0.25, 0.3) is 0 Å². The van der Waals surface area contributed by atoms with E-state index in [0.29, 0.717) is 10.6 Å². The van der Waals surface area contributed by atoms with Gasteiger partial charge in [-0.15, -0.1) is 16.7 Å². The first-order chi connectivity index (χ1) is 10.9. The number of carbonyl (C=O) groups excluding carboxylic acids is 1. The lowest BCUT2D eigenvalue weighted by Gasteiger charge is -2.01. The maximum Gasteiger partial charge on any atom is 0.335 e. The molecule has 0 aliphatic heterocycles. The van der Waals surface area contributed by atoms with Crippen molar-refractivity contribution in [3.8, 4) is 0 Å². The van der Waals surface area contributed by atoms with E-state index >= 15 is 0 Å². The predicted octanol–water partition coefficient (Wildman–Crippen LogP) is 1.59. The molecule has 1 aromatic heterocycles. The van der Waals surface area contributed by atoms with Gasteiger partial charge in [-0.3, -0.25) is 4.79 Å². The van der Waals surface area contributed by atoms with E-state index in [2.05, 4.69) is 15.5 Å². The van der Waals surface area contributed by atoms with E-state index in [4.69, 9.17) is 27.6 Å². The summed E-state index contributed by atoms with van der Waals surface area (Å²) in [5.41, 5.74) is 0.559. The minimum absolute atomic E-state index is 0.120. The van der Waals surface area contributed by atoms with E-state index in [1.165, 1.54) is 0 Å². The van der Waals surface area contributed by atoms with E-state index in [0.717, 1.165) is 0 Å². The molecule has 23 heavy (non-hydrogen) atoms. The average Bonchev–Trinajstić information content (AvgIpc) is 2.99. The minimum Gasteiger partial charge on any atom is -0.412 e. The highest BCUT2D eigenvalue weighted by atomic mass is 35.5. The van der Waals surface area contributed by atoms with Gasteiger partial charge >= 0.3 is 5.22 Å². The molecule has 0 atom stereocenters. The second-order valence-corrected chi connectivity index (χ2v) is 7.15. The van der Waals surface area contributed by atoms with E-state index in [1.54, 1.807) is 24.3 Å². The molecule has 0 fully saturated rings. The zero-order valence-corrected chi connectivity index (χ0v) is 14.2. The lowest BCUT2D eigenvalue weighted by Crippen LogP contribution is -2.26. The summed E-state index contributed by atoms with van der Waals surface area (Å²) >= 11 is 11.1. The maximum atomic E-state index is 12.2. The van der Waals surface area contributed by atoms with Crippen molar-refractivity contribution >= 4 is 38.9 Å². The highest BCUT2D eigenvalue weighted by Crippen LogP contribution is 2.17. The molecule has 2 aromatic rings. The van der Waals surface area contributed by atoms with Crippen molar-refractivity contribution in [1.29, 1.82) is 0 Å². The zero-order valence-electron chi connectivity index (χ0n) is 11.8. The van der Waals surface area contributed by atoms with Crippen LogP contribution in [0.1, 0.15) is 11.5 Å². The maximum absolute atomic E-state index is 12.2. The van der Waals surface area contributed by atoms with Crippen molar-refractivity contribution in [2.75, 3.05) is 12.4 Å². The average molecular weight is 378 g/mol. The third kappa shape index (κ3) is 5.19. The Balaban J connectivity index is 2.00. The van der Waals surface area contributed by atoms with Crippen LogP contribution in [0.5, 0.6) is 0 Å². The molecule has 0 aliphatic rings. The van der Waals surface area contributed by atoms with Crippen LogP contribution >= 0.6 is 23.2 Å². The van der Waals surface area contributed by atoms with Gasteiger partial charge < -0.3 is 9.73 Å². The molecule has 1 N–H and O–H groups in total. The van der Waals surface area contributed by atoms with E-state index in [9.17, 15) is 13.2 Å². The molecule has 1 amide bonds. The van der Waals surface area contributed by atoms with Crippen LogP contribution in [-0.2, 0) is 26.8 Å². The molecule has 1 heterocycles. The number of benzene rings is 1. The fourth-order valence-electron chi connectivity index (χ4n) is 1.68. The van der Waals surface area contributed by atoms with Crippen molar-refractivity contribution in [2.24, 2.45) is 0 Å². The number of rotatable bonds is 7. The summed E-state index contributed by atoms with van der Waals surface area (Å²) in [7, 11) is -3.74. The normalized spacial score (nSPS) is 11.4. The smallest absolute Gasteiger partial charge is 0.335 e. The monoisotopic (exact) mass is 377 g/mol. The summed E-state index contributed by atoms with van der Waals surface area (Å²) in [5, 5.41) is 9.79. The van der Waals surface area contributed by atoms with Gasteiger partial charge in [-0.25, -0.2) is 8.42 Å². The molecule has 0 unspecified atom stereocenters. The lowest BCUT2D eigenvalue weighted by atomic mass is 10.2. The molecule has 0 aliphatic carbocycles. The van der Waals surface area contributed by atoms with Gasteiger partial charge in [0.2, 0.25) is 21.6 Å². The molecule has 7 nitrogen and oxygen atoms in total. The molecule has 124 valence electrons. The van der Waals surface area contributed by atoms with Gasteiger partial charge in [-0.1, -0.05) is 28.8 Å². The fourth-order valence-corrected chi connectivity index (χ4v) is 3.05. The van der Waals surface area contributed by atoms with Crippen LogP contribution in [0.3, 0.4) is 0 Å². The number of nitrogens with zero attached hydrogens (tertiary/aromatic N) is 2. The number of aromatic nitrogens is 2. The van der Waals surface area contributed by atoms with E-state index < -0.39 is 15.1 Å². The summed E-state index contributed by atoms with van der Waals surface area (Å²) in [4.78, 5) is 11.0. The van der Waals surface area contributed by atoms with Crippen molar-refractivity contribution in [3.05, 3.63) is 40.7 Å². The van der Waals surface area contributed by atoms with Crippen LogP contribution in [0.4, 0.5) is 0 Å². The Kier molecular flexibility index (Phi) is 5.97. The number of hydrogen-bond donors (Lipinski definition) is 1. The Labute approximate surface area is 142 Å². The van der Waals surface area contributed by atoms with E-state index in [-0.39, 0.29) is 36.4 Å². The van der Waals surface area contributed by atoms with Crippen molar-refractivity contribution in [1.82, 2.24) is 15.5 Å². The van der Waals surface area contributed by atoms with Gasteiger partial charge in [0, 0.05) is 18.0 Å². The molecular formula is C13H13Cl2N3O4S. The topological polar surface area (TPSA) is 102 Å². The molecule has 0 radical (unpaired) electrons. The first-order valence-corrected chi connectivity index (χ1v) is 9.09. The molecule has 0 saturated heterocycles. The zero-order chi connectivity index (χ0) is 16.9. The third-order valence-corrected chi connectivity index (χ3v) is 4.67. The van der Waals surface area contributed by atoms with Crippen LogP contribution < -0.4 is 5.32 Å². The second kappa shape index (κ2) is 7.76. The summed E-state index contributed by atoms with van der Waals surface area (Å²) in [6.45, 7) is 0.227. The number of amides is 1. The molecule has 10 heteroatoms. The number of alkyl halides is 1. The molecule has 0 spiro atoms. The Bertz CT molecular complexity index is 775. The Morgan fingerprint density at radius 1 is 1.22 bits per heavy atom. The standard InChI is InChI=1S/C13H13Cl2N3O4S/c14-7-11(19)16-6-5-12-17-18-13(22-12)23(20,21)8-9-1-3-10(15)4-2-9/h1-4H,5-8H2,(H,16,19). The molecule has 1 aromatic carbocycles. The van der Waals surface area contributed by atoms with Crippen molar-refractivity contribution < 1.29 is 17.6 Å². The first-order valence-electron chi connectivity index (χ1n) is 6.53. The Morgan fingerprint density at radius 3 is 2.57 bits per heavy atom. The van der Waals surface area contributed by atoms with Gasteiger partial charge in [-0.05, 0) is 17.7 Å². The second-order valence-electron chi connectivity index (χ2n) is 4.58. The molecular weight excluding hydrogens is 365 g/mol. The fraction of sp³-hybridized carbons (Fsp3) is 0.308.